The Hall–Kier alpha value is -4.52. The Morgan fingerprint density at radius 3 is 2.42 bits per heavy atom. The number of nitrogens with zero attached hydrogens (tertiary/aromatic N) is 4. The Morgan fingerprint density at radius 2 is 1.76 bits per heavy atom. The molecule has 2 N–H and O–H groups in total. The van der Waals surface area contributed by atoms with Gasteiger partial charge in [0.05, 0.1) is 25.2 Å². The van der Waals surface area contributed by atoms with Gasteiger partial charge in [-0.3, -0.25) is 0 Å². The van der Waals surface area contributed by atoms with E-state index in [2.05, 4.69) is 9.98 Å². The van der Waals surface area contributed by atoms with Crippen molar-refractivity contribution in [3.8, 4) is 11.3 Å². The maximum absolute atomic E-state index is 14.7. The van der Waals surface area contributed by atoms with E-state index < -0.39 is 47.7 Å². The van der Waals surface area contributed by atoms with Crippen molar-refractivity contribution in [3.05, 3.63) is 77.4 Å². The van der Waals surface area contributed by atoms with E-state index in [0.717, 1.165) is 30.3 Å². The molecule has 1 aliphatic heterocycles. The van der Waals surface area contributed by atoms with E-state index in [1.165, 1.54) is 18.5 Å². The smallest absolute Gasteiger partial charge is 0.435 e. The van der Waals surface area contributed by atoms with Crippen molar-refractivity contribution in [1.82, 2.24) is 9.88 Å². The van der Waals surface area contributed by atoms with Crippen molar-refractivity contribution >= 4 is 30.0 Å². The van der Waals surface area contributed by atoms with E-state index in [1.807, 2.05) is 0 Å². The summed E-state index contributed by atoms with van der Waals surface area (Å²) >= 11 is 0. The number of rotatable bonds is 6. The van der Waals surface area contributed by atoms with Gasteiger partial charge in [-0.15, -0.1) is 0 Å². The molecule has 1 aromatic heterocycles. The fourth-order valence-electron chi connectivity index (χ4n) is 3.67. The quantitative estimate of drug-likeness (QED) is 0.285. The van der Waals surface area contributed by atoms with Gasteiger partial charge in [-0.25, -0.2) is 37.0 Å². The predicted octanol–water partition coefficient (Wildman–Crippen LogP) is 4.52. The number of aromatic nitrogens is 1. The van der Waals surface area contributed by atoms with Crippen LogP contribution in [0.15, 0.2) is 53.5 Å². The van der Waals surface area contributed by atoms with Crippen LogP contribution in [0.2, 0.25) is 0 Å². The number of benzene rings is 2. The van der Waals surface area contributed by atoms with Crippen LogP contribution in [0.25, 0.3) is 11.3 Å². The van der Waals surface area contributed by atoms with Gasteiger partial charge in [0.2, 0.25) is 0 Å². The summed E-state index contributed by atoms with van der Waals surface area (Å²) in [7, 11) is 0. The number of pyridine rings is 1. The molecule has 4 rings (SSSR count). The number of aliphatic imine (C=N–C) groups is 1. The summed E-state index contributed by atoms with van der Waals surface area (Å²) in [6.45, 7) is 1.64. The number of primary amides is 1. The molecular weight excluding hydrogens is 510 g/mol. The SMILES string of the molecule is NC(=O)N(c1ccc(COC(=O)/N=C/N2CCOCC2)c(-c2ccc(F)cc2F)n1)c1c(F)cccc1F. The lowest BCUT2D eigenvalue weighted by Crippen LogP contribution is -2.35. The number of para-hydroxylation sites is 1. The molecule has 0 aliphatic carbocycles. The maximum Gasteiger partial charge on any atom is 0.435 e. The first-order chi connectivity index (χ1) is 18.2. The number of urea groups is 1. The van der Waals surface area contributed by atoms with Crippen LogP contribution in [0, 0.1) is 23.3 Å². The van der Waals surface area contributed by atoms with Gasteiger partial charge in [-0.2, -0.15) is 4.99 Å². The monoisotopic (exact) mass is 531 g/mol. The summed E-state index contributed by atoms with van der Waals surface area (Å²) in [6, 6.07) is 6.79. The van der Waals surface area contributed by atoms with Crippen LogP contribution in [-0.4, -0.2) is 54.7 Å². The van der Waals surface area contributed by atoms with Gasteiger partial charge >= 0.3 is 12.1 Å². The first-order valence-corrected chi connectivity index (χ1v) is 11.3. The fraction of sp³-hybridized carbons (Fsp3) is 0.200. The van der Waals surface area contributed by atoms with E-state index in [1.54, 1.807) is 4.90 Å². The minimum Gasteiger partial charge on any atom is -0.443 e. The largest absolute Gasteiger partial charge is 0.443 e. The maximum atomic E-state index is 14.7. The summed E-state index contributed by atoms with van der Waals surface area (Å²) in [5.74, 6) is -4.44. The van der Waals surface area contributed by atoms with Gasteiger partial charge in [0.1, 0.15) is 41.4 Å². The highest BCUT2D eigenvalue weighted by Gasteiger charge is 2.26. The Labute approximate surface area is 214 Å². The van der Waals surface area contributed by atoms with Gasteiger partial charge in [0.15, 0.2) is 0 Å². The van der Waals surface area contributed by atoms with Gasteiger partial charge < -0.3 is 20.1 Å². The standard InChI is InChI=1S/C25H21F4N5O4/c26-16-5-6-17(20(29)12-16)22-15(13-38-25(36)31-14-33-8-10-37-11-9-33)4-7-21(32-22)34(24(30)35)23-18(27)2-1-3-19(23)28/h1-7,12,14H,8-11,13H2,(H2,30,35)/b31-14+. The lowest BCUT2D eigenvalue weighted by Gasteiger charge is -2.23. The van der Waals surface area contributed by atoms with Crippen LogP contribution in [0.5, 0.6) is 0 Å². The lowest BCUT2D eigenvalue weighted by molar-refractivity contribution is 0.0698. The minimum absolute atomic E-state index is 0.132. The highest BCUT2D eigenvalue weighted by molar-refractivity contribution is 5.98. The van der Waals surface area contributed by atoms with E-state index in [4.69, 9.17) is 15.2 Å². The number of amides is 3. The molecule has 13 heteroatoms. The fourth-order valence-corrected chi connectivity index (χ4v) is 3.67. The van der Waals surface area contributed by atoms with Gasteiger partial charge in [0.25, 0.3) is 0 Å². The van der Waals surface area contributed by atoms with E-state index in [0.29, 0.717) is 37.3 Å². The summed E-state index contributed by atoms with van der Waals surface area (Å²) in [4.78, 5) is 34.5. The molecule has 3 amide bonds. The first-order valence-electron chi connectivity index (χ1n) is 11.3. The van der Waals surface area contributed by atoms with Crippen molar-refractivity contribution in [1.29, 1.82) is 0 Å². The Bertz CT molecular complexity index is 1360. The van der Waals surface area contributed by atoms with E-state index in [9.17, 15) is 27.2 Å². The van der Waals surface area contributed by atoms with Crippen LogP contribution in [-0.2, 0) is 16.1 Å². The van der Waals surface area contributed by atoms with Crippen molar-refractivity contribution in [2.45, 2.75) is 6.61 Å². The third-order valence-electron chi connectivity index (χ3n) is 5.48. The van der Waals surface area contributed by atoms with Crippen molar-refractivity contribution < 1.29 is 36.6 Å². The summed E-state index contributed by atoms with van der Waals surface area (Å²) in [6.07, 6.45) is 0.374. The molecule has 0 atom stereocenters. The molecule has 0 radical (unpaired) electrons. The minimum atomic E-state index is -1.27. The zero-order valence-corrected chi connectivity index (χ0v) is 19.7. The van der Waals surface area contributed by atoms with Gasteiger partial charge in [0, 0.05) is 30.3 Å². The molecule has 1 saturated heterocycles. The molecule has 0 unspecified atom stereocenters. The lowest BCUT2D eigenvalue weighted by atomic mass is 10.1. The van der Waals surface area contributed by atoms with Crippen LogP contribution >= 0.6 is 0 Å². The van der Waals surface area contributed by atoms with Crippen LogP contribution in [0.4, 0.5) is 38.7 Å². The second-order valence-corrected chi connectivity index (χ2v) is 7.99. The van der Waals surface area contributed by atoms with E-state index in [-0.39, 0.29) is 22.6 Å². The number of ether oxygens (including phenoxy) is 2. The second kappa shape index (κ2) is 11.7. The molecule has 38 heavy (non-hydrogen) atoms. The molecule has 1 fully saturated rings. The number of carbonyl (C=O) groups is 2. The third kappa shape index (κ3) is 6.06. The number of morpholine rings is 1. The third-order valence-corrected chi connectivity index (χ3v) is 5.48. The molecule has 0 saturated carbocycles. The summed E-state index contributed by atoms with van der Waals surface area (Å²) < 4.78 is 67.6. The van der Waals surface area contributed by atoms with Crippen LogP contribution < -0.4 is 10.6 Å². The summed E-state index contributed by atoms with van der Waals surface area (Å²) in [5.41, 5.74) is 4.32. The van der Waals surface area contributed by atoms with Crippen LogP contribution in [0.3, 0.4) is 0 Å². The molecule has 2 aromatic carbocycles. The molecule has 198 valence electrons. The number of hydrogen-bond donors (Lipinski definition) is 1. The van der Waals surface area contributed by atoms with Crippen LogP contribution in [0.1, 0.15) is 5.56 Å². The molecular formula is C25H21F4N5O4. The first kappa shape index (κ1) is 26.5. The molecule has 0 bridgehead atoms. The zero-order valence-electron chi connectivity index (χ0n) is 19.7. The summed E-state index contributed by atoms with van der Waals surface area (Å²) in [5, 5.41) is 0. The number of anilines is 2. The highest BCUT2D eigenvalue weighted by Crippen LogP contribution is 2.33. The number of hydrogen-bond acceptors (Lipinski definition) is 5. The molecule has 2 heterocycles. The predicted molar refractivity (Wildman–Crippen MR) is 129 cm³/mol. The van der Waals surface area contributed by atoms with Crippen molar-refractivity contribution in [2.75, 3.05) is 31.2 Å². The van der Waals surface area contributed by atoms with Crippen molar-refractivity contribution in [3.63, 3.8) is 0 Å². The highest BCUT2D eigenvalue weighted by atomic mass is 19.1. The Morgan fingerprint density at radius 1 is 1.05 bits per heavy atom. The second-order valence-electron chi connectivity index (χ2n) is 7.99. The van der Waals surface area contributed by atoms with E-state index >= 15 is 0 Å². The molecule has 1 aliphatic rings. The average Bonchev–Trinajstić information content (AvgIpc) is 2.89. The van der Waals surface area contributed by atoms with Gasteiger partial charge in [-0.1, -0.05) is 6.07 Å². The average molecular weight is 531 g/mol. The topological polar surface area (TPSA) is 110 Å². The Kier molecular flexibility index (Phi) is 8.16. The Balaban J connectivity index is 1.69. The molecule has 9 nitrogen and oxygen atoms in total. The normalized spacial score (nSPS) is 13.5. The number of carbonyl (C=O) groups excluding carboxylic acids is 2. The van der Waals surface area contributed by atoms with Gasteiger partial charge in [-0.05, 0) is 36.4 Å². The molecule has 0 spiro atoms. The number of halogens is 4. The van der Waals surface area contributed by atoms with Crippen molar-refractivity contribution in [2.24, 2.45) is 10.7 Å². The zero-order chi connectivity index (χ0) is 27.2. The number of nitrogens with two attached hydrogens (primary N) is 1. The molecule has 3 aromatic rings.